The molecule has 0 amide bonds. The average Bonchev–Trinajstić information content (AvgIpc) is 2.38. The number of hydrogen-bond acceptors (Lipinski definition) is 6. The molecule has 0 bridgehead atoms. The van der Waals surface area contributed by atoms with Gasteiger partial charge >= 0.3 is 5.97 Å². The van der Waals surface area contributed by atoms with E-state index in [4.69, 9.17) is 23.4 Å². The van der Waals surface area contributed by atoms with Gasteiger partial charge in [-0.05, 0) is 19.3 Å². The van der Waals surface area contributed by atoms with Crippen LogP contribution in [0.2, 0.25) is 0 Å². The van der Waals surface area contributed by atoms with Crippen molar-refractivity contribution in [3.8, 4) is 0 Å². The quantitative estimate of drug-likeness (QED) is 0.430. The Balaban J connectivity index is 0.000000383. The Kier molecular flexibility index (Phi) is 7.00. The van der Waals surface area contributed by atoms with Crippen LogP contribution in [-0.4, -0.2) is 12.1 Å². The molecule has 2 rings (SSSR count). The molecule has 118 valence electrons. The predicted octanol–water partition coefficient (Wildman–Crippen LogP) is -2.74. The van der Waals surface area contributed by atoms with E-state index in [0.717, 1.165) is 19.3 Å². The second-order valence-corrected chi connectivity index (χ2v) is 5.46. The minimum absolute atomic E-state index is 0.0404. The van der Waals surface area contributed by atoms with Crippen molar-refractivity contribution in [1.29, 1.82) is 0 Å². The van der Waals surface area contributed by atoms with Crippen LogP contribution in [0, 0.1) is 10.2 Å². The van der Waals surface area contributed by atoms with Crippen LogP contribution in [0.25, 0.3) is 0 Å². The van der Waals surface area contributed by atoms with Gasteiger partial charge in [-0.2, -0.15) is 4.57 Å². The van der Waals surface area contributed by atoms with E-state index in [-0.39, 0.29) is 12.1 Å². The summed E-state index contributed by atoms with van der Waals surface area (Å²) >= 11 is 0. The van der Waals surface area contributed by atoms with Crippen LogP contribution in [0.4, 0.5) is 0 Å². The van der Waals surface area contributed by atoms with Crippen LogP contribution >= 0.6 is 0 Å². The monoisotopic (exact) mass is 319 g/mol. The van der Waals surface area contributed by atoms with Gasteiger partial charge < -0.3 is 4.74 Å². The number of nitrogens with zero attached hydrogens (tertiary/aromatic N) is 1. The molecule has 0 spiro atoms. The minimum atomic E-state index is -4.94. The molecule has 2 atom stereocenters. The van der Waals surface area contributed by atoms with E-state index in [1.165, 1.54) is 13.3 Å². The van der Waals surface area contributed by atoms with Gasteiger partial charge in [-0.3, -0.25) is 4.79 Å². The Morgan fingerprint density at radius 3 is 2.14 bits per heavy atom. The van der Waals surface area contributed by atoms with Crippen molar-refractivity contribution in [2.45, 2.75) is 44.8 Å². The summed E-state index contributed by atoms with van der Waals surface area (Å²) in [5.74, 6) is -0.173. The van der Waals surface area contributed by atoms with E-state index in [1.807, 2.05) is 30.6 Å². The summed E-state index contributed by atoms with van der Waals surface area (Å²) < 4.78 is 41.5. The first kappa shape index (κ1) is 17.8. The molecule has 0 radical (unpaired) electrons. The van der Waals surface area contributed by atoms with E-state index in [1.54, 1.807) is 0 Å². The van der Waals surface area contributed by atoms with Crippen LogP contribution in [0.3, 0.4) is 0 Å². The number of carbonyl (C=O) groups excluding carboxylic acids is 1. The number of ether oxygens (including phenoxy) is 1. The lowest BCUT2D eigenvalue weighted by Gasteiger charge is -2.26. The Morgan fingerprint density at radius 1 is 1.10 bits per heavy atom. The van der Waals surface area contributed by atoms with Crippen LogP contribution in [0.1, 0.15) is 38.6 Å². The maximum Gasteiger partial charge on any atom is 0.303 e. The Hall–Kier alpha value is -1.25. The Morgan fingerprint density at radius 2 is 1.62 bits per heavy atom. The molecule has 0 saturated heterocycles. The van der Waals surface area contributed by atoms with Crippen molar-refractivity contribution in [1.82, 2.24) is 0 Å². The number of halogens is 1. The van der Waals surface area contributed by atoms with Crippen LogP contribution in [-0.2, 0) is 9.53 Å². The van der Waals surface area contributed by atoms with Gasteiger partial charge in [0.25, 0.3) is 0 Å². The lowest BCUT2D eigenvalue weighted by atomic mass is 9.92. The summed E-state index contributed by atoms with van der Waals surface area (Å²) in [4.78, 5) is 11.1. The summed E-state index contributed by atoms with van der Waals surface area (Å²) in [5, 5.41) is 0. The van der Waals surface area contributed by atoms with Gasteiger partial charge in [-0.1, -0.05) is 6.07 Å². The second kappa shape index (κ2) is 8.26. The molecule has 2 unspecified atom stereocenters. The highest BCUT2D eigenvalue weighted by atomic mass is 35.7. The smallest absolute Gasteiger partial charge is 0.303 e. The van der Waals surface area contributed by atoms with Crippen molar-refractivity contribution in [3.63, 3.8) is 0 Å². The Bertz CT molecular complexity index is 430. The lowest BCUT2D eigenvalue weighted by molar-refractivity contribution is -2.00. The highest BCUT2D eigenvalue weighted by molar-refractivity contribution is 5.66. The van der Waals surface area contributed by atoms with Crippen molar-refractivity contribution in [2.75, 3.05) is 0 Å². The first-order valence-electron chi connectivity index (χ1n) is 6.52. The number of aromatic nitrogens is 1. The lowest BCUT2D eigenvalue weighted by Crippen LogP contribution is -2.68. The zero-order chi connectivity index (χ0) is 15.9. The third-order valence-electron chi connectivity index (χ3n) is 3.11. The van der Waals surface area contributed by atoms with Crippen LogP contribution in [0.5, 0.6) is 0 Å². The van der Waals surface area contributed by atoms with Gasteiger partial charge in [0.2, 0.25) is 0 Å². The molecule has 0 aliphatic heterocycles. The van der Waals surface area contributed by atoms with Crippen molar-refractivity contribution >= 4 is 5.97 Å². The number of esters is 1. The van der Waals surface area contributed by atoms with E-state index >= 15 is 0 Å². The van der Waals surface area contributed by atoms with Gasteiger partial charge in [0, 0.05) is 25.5 Å². The second-order valence-electron chi connectivity index (χ2n) is 4.70. The highest BCUT2D eigenvalue weighted by Crippen LogP contribution is 2.26. The molecule has 1 aliphatic rings. The fourth-order valence-corrected chi connectivity index (χ4v) is 2.40. The van der Waals surface area contributed by atoms with Crippen LogP contribution in [0.15, 0.2) is 30.6 Å². The topological polar surface area (TPSA) is 122 Å². The predicted molar refractivity (Wildman–Crippen MR) is 59.7 cm³/mol. The van der Waals surface area contributed by atoms with Gasteiger partial charge in [-0.25, -0.2) is 18.6 Å². The van der Waals surface area contributed by atoms with Crippen molar-refractivity contribution in [2.24, 2.45) is 0 Å². The van der Waals surface area contributed by atoms with E-state index in [0.29, 0.717) is 6.04 Å². The van der Waals surface area contributed by atoms with Gasteiger partial charge in [0.15, 0.2) is 24.5 Å². The normalized spacial score (nSPS) is 22.0. The standard InChI is InChI=1S/C13H18NO2.ClHO4/c1-11(15)16-13-8-4-3-7-12(13)14-9-5-2-6-10-14;2-1(3,4)5/h2,5-6,9-10,12-13H,3-4,7-8H2,1H3;(H,2,3,4,5)/q+1;/p-1. The molecule has 1 aliphatic carbocycles. The number of carbonyl (C=O) groups is 1. The third-order valence-corrected chi connectivity index (χ3v) is 3.11. The zero-order valence-electron chi connectivity index (χ0n) is 11.6. The maximum absolute atomic E-state index is 11.1. The summed E-state index contributed by atoms with van der Waals surface area (Å²) in [6, 6.07) is 6.33. The van der Waals surface area contributed by atoms with E-state index < -0.39 is 10.2 Å². The number of pyridine rings is 1. The molecule has 0 N–H and O–H groups in total. The molecule has 1 aromatic rings. The molecule has 21 heavy (non-hydrogen) atoms. The summed E-state index contributed by atoms with van der Waals surface area (Å²) in [6.07, 6.45) is 8.57. The zero-order valence-corrected chi connectivity index (χ0v) is 12.4. The summed E-state index contributed by atoms with van der Waals surface area (Å²) in [6.45, 7) is 1.49. The molecule has 1 saturated carbocycles. The largest absolute Gasteiger partial charge is 0.455 e. The average molecular weight is 320 g/mol. The SMILES string of the molecule is CC(=O)OC1CCCCC1[n+]1ccccc1.[O-][Cl+3]([O-])([O-])[O-]. The van der Waals surface area contributed by atoms with Crippen molar-refractivity contribution < 1.29 is 43.0 Å². The number of hydrogen-bond donors (Lipinski definition) is 0. The fraction of sp³-hybridized carbons (Fsp3) is 0.538. The molecule has 1 fully saturated rings. The molecule has 1 aromatic heterocycles. The molecular weight excluding hydrogens is 302 g/mol. The fourth-order valence-electron chi connectivity index (χ4n) is 2.40. The molecule has 7 nitrogen and oxygen atoms in total. The summed E-state index contributed by atoms with van der Waals surface area (Å²) in [5.41, 5.74) is 0. The molecule has 8 heteroatoms. The summed E-state index contributed by atoms with van der Waals surface area (Å²) in [7, 11) is -4.94. The molecular formula is C13H18ClNO6. The van der Waals surface area contributed by atoms with Gasteiger partial charge in [0.05, 0.1) is 0 Å². The van der Waals surface area contributed by atoms with Crippen molar-refractivity contribution in [3.05, 3.63) is 30.6 Å². The maximum atomic E-state index is 11.1. The molecule has 1 heterocycles. The first-order chi connectivity index (χ1) is 9.77. The van der Waals surface area contributed by atoms with Gasteiger partial charge in [0.1, 0.15) is 0 Å². The number of rotatable bonds is 2. The van der Waals surface area contributed by atoms with Gasteiger partial charge in [-0.15, -0.1) is 10.2 Å². The molecule has 0 aromatic carbocycles. The first-order valence-corrected chi connectivity index (χ1v) is 7.75. The van der Waals surface area contributed by atoms with E-state index in [9.17, 15) is 4.79 Å². The van der Waals surface area contributed by atoms with E-state index in [2.05, 4.69) is 4.57 Å². The third kappa shape index (κ3) is 7.93. The highest BCUT2D eigenvalue weighted by Gasteiger charge is 2.34. The minimum Gasteiger partial charge on any atom is -0.455 e. The van der Waals surface area contributed by atoms with Crippen LogP contribution < -0.4 is 23.2 Å². The Labute approximate surface area is 125 Å².